The molecule has 0 bridgehead atoms. The highest BCUT2D eigenvalue weighted by Crippen LogP contribution is 2.39. The molecule has 2 fully saturated rings. The van der Waals surface area contributed by atoms with Gasteiger partial charge in [-0.2, -0.15) is 0 Å². The SMILES string of the molecule is CCOC(=O)[C@H]1CCCN(C(=O)c2c(C)cccc2F)C1c1ccc(NC2CCCC2)cc1. The number of rotatable bonds is 6. The second-order valence-electron chi connectivity index (χ2n) is 9.12. The molecule has 0 spiro atoms. The van der Waals surface area contributed by atoms with Crippen molar-refractivity contribution in [1.29, 1.82) is 0 Å². The van der Waals surface area contributed by atoms with Gasteiger partial charge in [-0.05, 0) is 68.9 Å². The standard InChI is InChI=1S/C27H33FN2O3/c1-3-33-27(32)22-11-7-17-30(26(31)24-18(2)8-6-12-23(24)28)25(22)19-13-15-21(16-14-19)29-20-9-4-5-10-20/h6,8,12-16,20,22,25,29H,3-5,7,9-11,17H2,1-2H3/t22-,25?/m0/s1. The van der Waals surface area contributed by atoms with Crippen LogP contribution in [0.15, 0.2) is 42.5 Å². The van der Waals surface area contributed by atoms with Crippen molar-refractivity contribution in [2.24, 2.45) is 5.92 Å². The van der Waals surface area contributed by atoms with Gasteiger partial charge in [-0.15, -0.1) is 0 Å². The number of benzene rings is 2. The van der Waals surface area contributed by atoms with E-state index in [1.54, 1.807) is 30.9 Å². The molecule has 2 aromatic carbocycles. The van der Waals surface area contributed by atoms with E-state index in [4.69, 9.17) is 4.74 Å². The molecule has 1 aliphatic heterocycles. The van der Waals surface area contributed by atoms with Crippen LogP contribution in [0.3, 0.4) is 0 Å². The average Bonchev–Trinajstić information content (AvgIpc) is 3.32. The number of carbonyl (C=O) groups excluding carboxylic acids is 2. The van der Waals surface area contributed by atoms with E-state index in [2.05, 4.69) is 5.32 Å². The number of nitrogens with one attached hydrogen (secondary N) is 1. The van der Waals surface area contributed by atoms with Crippen LogP contribution in [0.2, 0.25) is 0 Å². The first-order valence-electron chi connectivity index (χ1n) is 12.1. The summed E-state index contributed by atoms with van der Waals surface area (Å²) in [5, 5.41) is 3.58. The van der Waals surface area contributed by atoms with Crippen LogP contribution in [0.1, 0.15) is 73.0 Å². The lowest BCUT2D eigenvalue weighted by Crippen LogP contribution is -2.46. The Labute approximate surface area is 195 Å². The molecule has 6 heteroatoms. The average molecular weight is 453 g/mol. The Bertz CT molecular complexity index is 965. The van der Waals surface area contributed by atoms with Crippen LogP contribution < -0.4 is 5.32 Å². The summed E-state index contributed by atoms with van der Waals surface area (Å²) < 4.78 is 20.0. The molecule has 4 rings (SSSR count). The minimum absolute atomic E-state index is 0.0755. The number of nitrogens with zero attached hydrogens (tertiary/aromatic N) is 1. The van der Waals surface area contributed by atoms with E-state index < -0.39 is 17.8 Å². The summed E-state index contributed by atoms with van der Waals surface area (Å²) in [6.07, 6.45) is 6.17. The number of amides is 1. The molecule has 1 unspecified atom stereocenters. The Hall–Kier alpha value is -2.89. The van der Waals surface area contributed by atoms with Crippen LogP contribution in [-0.2, 0) is 9.53 Å². The molecule has 1 saturated carbocycles. The van der Waals surface area contributed by atoms with Gasteiger partial charge in [0.05, 0.1) is 24.1 Å². The molecule has 1 aliphatic carbocycles. The topological polar surface area (TPSA) is 58.6 Å². The molecule has 33 heavy (non-hydrogen) atoms. The molecule has 2 aliphatic rings. The van der Waals surface area contributed by atoms with E-state index in [9.17, 15) is 14.0 Å². The van der Waals surface area contributed by atoms with E-state index >= 15 is 0 Å². The van der Waals surface area contributed by atoms with E-state index in [0.717, 1.165) is 11.3 Å². The number of carbonyl (C=O) groups is 2. The summed E-state index contributed by atoms with van der Waals surface area (Å²) in [5.41, 5.74) is 2.57. The minimum Gasteiger partial charge on any atom is -0.466 e. The monoisotopic (exact) mass is 452 g/mol. The van der Waals surface area contributed by atoms with Gasteiger partial charge in [-0.25, -0.2) is 4.39 Å². The number of ether oxygens (including phenoxy) is 1. The molecule has 1 heterocycles. The smallest absolute Gasteiger partial charge is 0.311 e. The maximum atomic E-state index is 14.7. The summed E-state index contributed by atoms with van der Waals surface area (Å²) in [4.78, 5) is 28.1. The van der Waals surface area contributed by atoms with Gasteiger partial charge in [-0.1, -0.05) is 37.1 Å². The summed E-state index contributed by atoms with van der Waals surface area (Å²) in [7, 11) is 0. The highest BCUT2D eigenvalue weighted by molar-refractivity contribution is 5.96. The zero-order valence-corrected chi connectivity index (χ0v) is 19.5. The first kappa shape index (κ1) is 23.3. The third-order valence-corrected chi connectivity index (χ3v) is 6.90. The normalized spacial score (nSPS) is 21.1. The zero-order valence-electron chi connectivity index (χ0n) is 19.5. The predicted octanol–water partition coefficient (Wildman–Crippen LogP) is 5.65. The van der Waals surface area contributed by atoms with Crippen LogP contribution in [0.4, 0.5) is 10.1 Å². The van der Waals surface area contributed by atoms with Gasteiger partial charge >= 0.3 is 5.97 Å². The molecule has 5 nitrogen and oxygen atoms in total. The first-order chi connectivity index (χ1) is 16.0. The molecule has 1 saturated heterocycles. The molecule has 2 atom stereocenters. The number of piperidine rings is 1. The van der Waals surface area contributed by atoms with Crippen LogP contribution in [-0.4, -0.2) is 36.0 Å². The van der Waals surface area contributed by atoms with Crippen LogP contribution in [0.5, 0.6) is 0 Å². The van der Waals surface area contributed by atoms with Gasteiger partial charge in [0.15, 0.2) is 0 Å². The third kappa shape index (κ3) is 5.05. The Kier molecular flexibility index (Phi) is 7.31. The van der Waals surface area contributed by atoms with Crippen LogP contribution in [0.25, 0.3) is 0 Å². The molecule has 1 amide bonds. The van der Waals surface area contributed by atoms with E-state index in [-0.39, 0.29) is 24.0 Å². The third-order valence-electron chi connectivity index (χ3n) is 6.90. The maximum Gasteiger partial charge on any atom is 0.311 e. The molecular weight excluding hydrogens is 419 g/mol. The molecule has 176 valence electrons. The fraction of sp³-hybridized carbons (Fsp3) is 0.481. The van der Waals surface area contributed by atoms with Gasteiger partial charge in [-0.3, -0.25) is 9.59 Å². The van der Waals surface area contributed by atoms with Crippen LogP contribution >= 0.6 is 0 Å². The van der Waals surface area contributed by atoms with E-state index in [0.29, 0.717) is 31.0 Å². The number of aryl methyl sites for hydroxylation is 1. The first-order valence-corrected chi connectivity index (χ1v) is 12.1. The number of anilines is 1. The Morgan fingerprint density at radius 1 is 1.06 bits per heavy atom. The summed E-state index contributed by atoms with van der Waals surface area (Å²) in [5.74, 6) is -1.70. The number of esters is 1. The van der Waals surface area contributed by atoms with Gasteiger partial charge in [0.2, 0.25) is 0 Å². The second kappa shape index (κ2) is 10.4. The van der Waals surface area contributed by atoms with E-state index in [1.165, 1.54) is 31.7 Å². The van der Waals surface area contributed by atoms with Crippen LogP contribution in [0, 0.1) is 18.7 Å². The fourth-order valence-electron chi connectivity index (χ4n) is 5.26. The minimum atomic E-state index is -0.534. The van der Waals surface area contributed by atoms with Gasteiger partial charge < -0.3 is 15.0 Å². The largest absolute Gasteiger partial charge is 0.466 e. The molecule has 1 N–H and O–H groups in total. The number of hydrogen-bond acceptors (Lipinski definition) is 4. The zero-order chi connectivity index (χ0) is 23.4. The summed E-state index contributed by atoms with van der Waals surface area (Å²) in [6.45, 7) is 4.27. The van der Waals surface area contributed by atoms with Crippen molar-refractivity contribution in [2.75, 3.05) is 18.5 Å². The Balaban J connectivity index is 1.66. The molecule has 2 aromatic rings. The van der Waals surface area contributed by atoms with Crippen molar-refractivity contribution in [3.8, 4) is 0 Å². The van der Waals surface area contributed by atoms with Crippen molar-refractivity contribution in [3.05, 3.63) is 65.0 Å². The van der Waals surface area contributed by atoms with E-state index in [1.807, 2.05) is 24.3 Å². The van der Waals surface area contributed by atoms with Gasteiger partial charge in [0, 0.05) is 18.3 Å². The molecule has 0 aromatic heterocycles. The Morgan fingerprint density at radius 2 is 1.79 bits per heavy atom. The second-order valence-corrected chi connectivity index (χ2v) is 9.12. The summed E-state index contributed by atoms with van der Waals surface area (Å²) >= 11 is 0. The number of halogens is 1. The quantitative estimate of drug-likeness (QED) is 0.576. The summed E-state index contributed by atoms with van der Waals surface area (Å²) in [6, 6.07) is 12.6. The molecule has 0 radical (unpaired) electrons. The number of likely N-dealkylation sites (tertiary alicyclic amines) is 1. The van der Waals surface area contributed by atoms with Crippen molar-refractivity contribution in [2.45, 2.75) is 64.5 Å². The lowest BCUT2D eigenvalue weighted by molar-refractivity contribution is -0.151. The van der Waals surface area contributed by atoms with Crippen molar-refractivity contribution in [3.63, 3.8) is 0 Å². The molecular formula is C27H33FN2O3. The van der Waals surface area contributed by atoms with Crippen molar-refractivity contribution < 1.29 is 18.7 Å². The number of hydrogen-bond donors (Lipinski definition) is 1. The maximum absolute atomic E-state index is 14.7. The van der Waals surface area contributed by atoms with Gasteiger partial charge in [0.25, 0.3) is 5.91 Å². The predicted molar refractivity (Wildman–Crippen MR) is 127 cm³/mol. The highest BCUT2D eigenvalue weighted by atomic mass is 19.1. The highest BCUT2D eigenvalue weighted by Gasteiger charge is 2.41. The lowest BCUT2D eigenvalue weighted by atomic mass is 9.84. The Morgan fingerprint density at radius 3 is 2.45 bits per heavy atom. The fourth-order valence-corrected chi connectivity index (χ4v) is 5.26. The van der Waals surface area contributed by atoms with Crippen molar-refractivity contribution in [1.82, 2.24) is 4.90 Å². The van der Waals surface area contributed by atoms with Crippen molar-refractivity contribution >= 4 is 17.6 Å². The lowest BCUT2D eigenvalue weighted by Gasteiger charge is -2.41. The van der Waals surface area contributed by atoms with Gasteiger partial charge in [0.1, 0.15) is 5.82 Å².